The molecule has 0 aromatic heterocycles. The summed E-state index contributed by atoms with van der Waals surface area (Å²) in [6.45, 7) is 3.48. The Morgan fingerprint density at radius 1 is 1.24 bits per heavy atom. The van der Waals surface area contributed by atoms with E-state index in [1.54, 1.807) is 0 Å². The number of nitrogens with zero attached hydrogens (tertiary/aromatic N) is 1. The van der Waals surface area contributed by atoms with Crippen LogP contribution in [0.4, 0.5) is 4.79 Å². The standard InChI is InChI=1S/C16H21BrN2O2/c17-14-3-1-13(2-4-14)11-16(5-6-16)12-18-15(20)19-7-9-21-10-8-19/h1-4H,5-12H2,(H,18,20). The first-order valence-corrected chi connectivity index (χ1v) is 8.31. The fourth-order valence-electron chi connectivity index (χ4n) is 2.77. The summed E-state index contributed by atoms with van der Waals surface area (Å²) < 4.78 is 6.38. The number of hydrogen-bond acceptors (Lipinski definition) is 2. The first-order valence-electron chi connectivity index (χ1n) is 7.52. The van der Waals surface area contributed by atoms with E-state index < -0.39 is 0 Å². The smallest absolute Gasteiger partial charge is 0.317 e. The molecule has 2 aliphatic rings. The van der Waals surface area contributed by atoms with Crippen molar-refractivity contribution in [3.8, 4) is 0 Å². The number of amides is 2. The fourth-order valence-corrected chi connectivity index (χ4v) is 3.03. The van der Waals surface area contributed by atoms with Crippen molar-refractivity contribution in [1.29, 1.82) is 0 Å². The molecule has 0 bridgehead atoms. The molecule has 1 aromatic rings. The van der Waals surface area contributed by atoms with Gasteiger partial charge in [-0.25, -0.2) is 4.79 Å². The van der Waals surface area contributed by atoms with Crippen molar-refractivity contribution in [1.82, 2.24) is 10.2 Å². The number of rotatable bonds is 4. The molecular weight excluding hydrogens is 332 g/mol. The van der Waals surface area contributed by atoms with Gasteiger partial charge in [-0.05, 0) is 42.4 Å². The van der Waals surface area contributed by atoms with Crippen molar-refractivity contribution in [2.75, 3.05) is 32.8 Å². The van der Waals surface area contributed by atoms with Crippen molar-refractivity contribution in [2.24, 2.45) is 5.41 Å². The zero-order valence-corrected chi connectivity index (χ0v) is 13.7. The minimum Gasteiger partial charge on any atom is -0.378 e. The van der Waals surface area contributed by atoms with Gasteiger partial charge in [-0.1, -0.05) is 28.1 Å². The van der Waals surface area contributed by atoms with Gasteiger partial charge in [-0.15, -0.1) is 0 Å². The summed E-state index contributed by atoms with van der Waals surface area (Å²) >= 11 is 3.46. The maximum Gasteiger partial charge on any atom is 0.317 e. The topological polar surface area (TPSA) is 41.6 Å². The average molecular weight is 353 g/mol. The normalized spacial score (nSPS) is 20.1. The van der Waals surface area contributed by atoms with Gasteiger partial charge in [0.05, 0.1) is 13.2 Å². The third kappa shape index (κ3) is 3.98. The van der Waals surface area contributed by atoms with Crippen molar-refractivity contribution < 1.29 is 9.53 Å². The lowest BCUT2D eigenvalue weighted by molar-refractivity contribution is 0.0529. The number of ether oxygens (including phenoxy) is 1. The summed E-state index contributed by atoms with van der Waals surface area (Å²) in [5, 5.41) is 3.11. The van der Waals surface area contributed by atoms with Gasteiger partial charge in [-0.3, -0.25) is 0 Å². The fraction of sp³-hybridized carbons (Fsp3) is 0.562. The van der Waals surface area contributed by atoms with Crippen LogP contribution in [-0.4, -0.2) is 43.8 Å². The molecule has 1 N–H and O–H groups in total. The van der Waals surface area contributed by atoms with Crippen LogP contribution >= 0.6 is 15.9 Å². The highest BCUT2D eigenvalue weighted by molar-refractivity contribution is 9.10. The van der Waals surface area contributed by atoms with Crippen LogP contribution in [0.15, 0.2) is 28.7 Å². The average Bonchev–Trinajstić information content (AvgIpc) is 3.28. The molecular formula is C16H21BrN2O2. The van der Waals surface area contributed by atoms with E-state index in [4.69, 9.17) is 4.74 Å². The highest BCUT2D eigenvalue weighted by atomic mass is 79.9. The molecule has 0 atom stereocenters. The van der Waals surface area contributed by atoms with E-state index in [0.717, 1.165) is 17.4 Å². The number of nitrogens with one attached hydrogen (secondary N) is 1. The van der Waals surface area contributed by atoms with Gasteiger partial charge in [0.15, 0.2) is 0 Å². The van der Waals surface area contributed by atoms with E-state index in [0.29, 0.717) is 26.3 Å². The summed E-state index contributed by atoms with van der Waals surface area (Å²) in [6, 6.07) is 8.54. The molecule has 2 fully saturated rings. The maximum atomic E-state index is 12.1. The first-order chi connectivity index (χ1) is 10.2. The van der Waals surface area contributed by atoms with Crippen LogP contribution in [0.5, 0.6) is 0 Å². The molecule has 1 heterocycles. The highest BCUT2D eigenvalue weighted by Crippen LogP contribution is 2.47. The van der Waals surface area contributed by atoms with Gasteiger partial charge in [0, 0.05) is 24.1 Å². The van der Waals surface area contributed by atoms with Gasteiger partial charge in [0.1, 0.15) is 0 Å². The van der Waals surface area contributed by atoms with Crippen LogP contribution < -0.4 is 5.32 Å². The number of carbonyl (C=O) groups excluding carboxylic acids is 1. The molecule has 2 amide bonds. The van der Waals surface area contributed by atoms with Crippen LogP contribution in [0.25, 0.3) is 0 Å². The summed E-state index contributed by atoms with van der Waals surface area (Å²) in [5.41, 5.74) is 1.62. The molecule has 1 aliphatic heterocycles. The zero-order valence-electron chi connectivity index (χ0n) is 12.1. The highest BCUT2D eigenvalue weighted by Gasteiger charge is 2.42. The van der Waals surface area contributed by atoms with Gasteiger partial charge < -0.3 is 15.0 Å². The Balaban J connectivity index is 1.50. The molecule has 21 heavy (non-hydrogen) atoms. The van der Waals surface area contributed by atoms with E-state index in [-0.39, 0.29) is 11.4 Å². The van der Waals surface area contributed by atoms with Gasteiger partial charge in [0.2, 0.25) is 0 Å². The summed E-state index contributed by atoms with van der Waals surface area (Å²) in [7, 11) is 0. The second kappa shape index (κ2) is 6.36. The van der Waals surface area contributed by atoms with Gasteiger partial charge in [-0.2, -0.15) is 0 Å². The van der Waals surface area contributed by atoms with E-state index in [9.17, 15) is 4.79 Å². The third-order valence-corrected chi connectivity index (χ3v) is 4.89. The van der Waals surface area contributed by atoms with E-state index in [1.807, 2.05) is 4.90 Å². The van der Waals surface area contributed by atoms with Gasteiger partial charge in [0.25, 0.3) is 0 Å². The number of carbonyl (C=O) groups is 1. The van der Waals surface area contributed by atoms with Crippen molar-refractivity contribution in [3.63, 3.8) is 0 Å². The quantitative estimate of drug-likeness (QED) is 0.905. The molecule has 1 aliphatic carbocycles. The van der Waals surface area contributed by atoms with Crippen LogP contribution in [-0.2, 0) is 11.2 Å². The number of benzene rings is 1. The molecule has 1 aromatic carbocycles. The largest absolute Gasteiger partial charge is 0.378 e. The molecule has 114 valence electrons. The number of urea groups is 1. The lowest BCUT2D eigenvalue weighted by atomic mass is 9.96. The zero-order chi connectivity index (χ0) is 14.7. The molecule has 1 saturated heterocycles. The third-order valence-electron chi connectivity index (χ3n) is 4.36. The summed E-state index contributed by atoms with van der Waals surface area (Å²) in [4.78, 5) is 14.0. The molecule has 0 unspecified atom stereocenters. The Morgan fingerprint density at radius 2 is 1.90 bits per heavy atom. The van der Waals surface area contributed by atoms with Gasteiger partial charge >= 0.3 is 6.03 Å². The van der Waals surface area contributed by atoms with E-state index in [1.165, 1.54) is 18.4 Å². The minimum absolute atomic E-state index is 0.0559. The molecule has 0 radical (unpaired) electrons. The lowest BCUT2D eigenvalue weighted by Crippen LogP contribution is -2.47. The SMILES string of the molecule is O=C(NCC1(Cc2ccc(Br)cc2)CC1)N1CCOCC1. The molecule has 1 saturated carbocycles. The van der Waals surface area contributed by atoms with Crippen molar-refractivity contribution in [2.45, 2.75) is 19.3 Å². The van der Waals surface area contributed by atoms with Crippen LogP contribution in [0, 0.1) is 5.41 Å². The van der Waals surface area contributed by atoms with Crippen LogP contribution in [0.1, 0.15) is 18.4 Å². The molecule has 4 nitrogen and oxygen atoms in total. The predicted octanol–water partition coefficient (Wildman–Crippen LogP) is 2.81. The number of halogens is 1. The minimum atomic E-state index is 0.0559. The number of hydrogen-bond donors (Lipinski definition) is 1. The Bertz CT molecular complexity index is 494. The molecule has 3 rings (SSSR count). The first kappa shape index (κ1) is 14.9. The summed E-state index contributed by atoms with van der Waals surface area (Å²) in [6.07, 6.45) is 3.45. The van der Waals surface area contributed by atoms with Crippen LogP contribution in [0.3, 0.4) is 0 Å². The Labute approximate surface area is 134 Å². The Morgan fingerprint density at radius 3 is 2.52 bits per heavy atom. The second-order valence-electron chi connectivity index (χ2n) is 6.06. The summed E-state index contributed by atoms with van der Waals surface area (Å²) in [5.74, 6) is 0. The predicted molar refractivity (Wildman–Crippen MR) is 85.3 cm³/mol. The van der Waals surface area contributed by atoms with E-state index >= 15 is 0 Å². The van der Waals surface area contributed by atoms with Crippen LogP contribution in [0.2, 0.25) is 0 Å². The van der Waals surface area contributed by atoms with Crippen molar-refractivity contribution in [3.05, 3.63) is 34.3 Å². The number of morpholine rings is 1. The Hall–Kier alpha value is -1.07. The van der Waals surface area contributed by atoms with Crippen molar-refractivity contribution >= 4 is 22.0 Å². The molecule has 5 heteroatoms. The lowest BCUT2D eigenvalue weighted by Gasteiger charge is -2.28. The maximum absolute atomic E-state index is 12.1. The molecule has 0 spiro atoms. The second-order valence-corrected chi connectivity index (χ2v) is 6.98. The van der Waals surface area contributed by atoms with E-state index in [2.05, 4.69) is 45.5 Å². The monoisotopic (exact) mass is 352 g/mol. The Kier molecular flexibility index (Phi) is 4.50.